The third-order valence-electron chi connectivity index (χ3n) is 2.05. The summed E-state index contributed by atoms with van der Waals surface area (Å²) in [6.07, 6.45) is 1.52. The van der Waals surface area contributed by atoms with Gasteiger partial charge in [0.2, 0.25) is 0 Å². The van der Waals surface area contributed by atoms with Crippen LogP contribution in [-0.4, -0.2) is 16.8 Å². The molecule has 2 nitrogen and oxygen atoms in total. The van der Waals surface area contributed by atoms with Crippen molar-refractivity contribution in [1.82, 2.24) is 0 Å². The molecule has 0 unspecified atom stereocenters. The van der Waals surface area contributed by atoms with E-state index in [-0.39, 0.29) is 6.42 Å². The van der Waals surface area contributed by atoms with Crippen molar-refractivity contribution in [3.05, 3.63) is 35.4 Å². The predicted octanol–water partition coefficient (Wildman–Crippen LogP) is 2.38. The Labute approximate surface area is 101 Å². The highest BCUT2D eigenvalue weighted by Gasteiger charge is 1.98. The number of aliphatic carboxylic acids is 1. The molecule has 0 aliphatic rings. The zero-order chi connectivity index (χ0) is 11.8. The lowest BCUT2D eigenvalue weighted by molar-refractivity contribution is -0.136. The number of rotatable bonds is 4. The Balaban J connectivity index is 2.55. The maximum Gasteiger partial charge on any atom is 0.303 e. The quantitative estimate of drug-likeness (QED) is 0.620. The Morgan fingerprint density at radius 3 is 2.56 bits per heavy atom. The second kappa shape index (κ2) is 6.97. The first-order valence-electron chi connectivity index (χ1n) is 5.13. The van der Waals surface area contributed by atoms with E-state index >= 15 is 0 Å². The van der Waals surface area contributed by atoms with Gasteiger partial charge in [0.15, 0.2) is 0 Å². The molecule has 1 rings (SSSR count). The van der Waals surface area contributed by atoms with E-state index in [1.165, 1.54) is 0 Å². The minimum atomic E-state index is -0.766. The molecule has 84 valence electrons. The molecule has 0 heterocycles. The van der Waals surface area contributed by atoms with Crippen molar-refractivity contribution < 1.29 is 9.90 Å². The first kappa shape index (κ1) is 12.7. The van der Waals surface area contributed by atoms with E-state index in [4.69, 9.17) is 5.11 Å². The molecule has 1 N–H and O–H groups in total. The highest BCUT2D eigenvalue weighted by Crippen LogP contribution is 2.06. The van der Waals surface area contributed by atoms with Gasteiger partial charge in [0.25, 0.3) is 0 Å². The monoisotopic (exact) mass is 234 g/mol. The minimum absolute atomic E-state index is 0.171. The van der Waals surface area contributed by atoms with Crippen LogP contribution in [0.1, 0.15) is 24.0 Å². The summed E-state index contributed by atoms with van der Waals surface area (Å²) in [4.78, 5) is 10.4. The topological polar surface area (TPSA) is 37.3 Å². The highest BCUT2D eigenvalue weighted by atomic mass is 32.1. The SMILES string of the molecule is O=C(O)CCc1ccc(C#CCCS)cc1. The van der Waals surface area contributed by atoms with Crippen LogP contribution in [0.5, 0.6) is 0 Å². The number of hydrogen-bond acceptors (Lipinski definition) is 2. The molecule has 0 radical (unpaired) electrons. The van der Waals surface area contributed by atoms with E-state index in [1.807, 2.05) is 24.3 Å². The lowest BCUT2D eigenvalue weighted by atomic mass is 10.1. The zero-order valence-electron chi connectivity index (χ0n) is 8.94. The van der Waals surface area contributed by atoms with Crippen LogP contribution < -0.4 is 0 Å². The average molecular weight is 234 g/mol. The Morgan fingerprint density at radius 2 is 2.00 bits per heavy atom. The lowest BCUT2D eigenvalue weighted by Crippen LogP contribution is -1.97. The second-order valence-corrected chi connectivity index (χ2v) is 3.81. The van der Waals surface area contributed by atoms with Crippen LogP contribution in [0.15, 0.2) is 24.3 Å². The van der Waals surface area contributed by atoms with Crippen molar-refractivity contribution in [2.45, 2.75) is 19.3 Å². The van der Waals surface area contributed by atoms with Gasteiger partial charge >= 0.3 is 5.97 Å². The summed E-state index contributed by atoms with van der Waals surface area (Å²) >= 11 is 4.07. The average Bonchev–Trinajstić information content (AvgIpc) is 2.28. The molecule has 0 aliphatic carbocycles. The molecule has 0 atom stereocenters. The largest absolute Gasteiger partial charge is 0.481 e. The smallest absolute Gasteiger partial charge is 0.303 e. The number of carboxylic acids is 1. The van der Waals surface area contributed by atoms with Crippen molar-refractivity contribution >= 4 is 18.6 Å². The number of benzene rings is 1. The fraction of sp³-hybridized carbons (Fsp3) is 0.308. The summed E-state index contributed by atoms with van der Waals surface area (Å²) in [6.45, 7) is 0. The molecule has 0 saturated carbocycles. The van der Waals surface area contributed by atoms with E-state index < -0.39 is 5.97 Å². The van der Waals surface area contributed by atoms with E-state index in [9.17, 15) is 4.79 Å². The molecule has 0 fully saturated rings. The van der Waals surface area contributed by atoms with Crippen LogP contribution in [0.2, 0.25) is 0 Å². The van der Waals surface area contributed by atoms with Gasteiger partial charge in [0, 0.05) is 24.2 Å². The Kier molecular flexibility index (Phi) is 5.52. The van der Waals surface area contributed by atoms with Crippen LogP contribution in [-0.2, 0) is 11.2 Å². The molecule has 1 aromatic rings. The van der Waals surface area contributed by atoms with Gasteiger partial charge < -0.3 is 5.11 Å². The van der Waals surface area contributed by atoms with Crippen LogP contribution in [0.25, 0.3) is 0 Å². The number of hydrogen-bond donors (Lipinski definition) is 2. The van der Waals surface area contributed by atoms with Gasteiger partial charge in [-0.3, -0.25) is 4.79 Å². The molecular formula is C13H14O2S. The van der Waals surface area contributed by atoms with Gasteiger partial charge in [0.05, 0.1) is 0 Å². The summed E-state index contributed by atoms with van der Waals surface area (Å²) in [5, 5.41) is 8.54. The van der Waals surface area contributed by atoms with Crippen LogP contribution in [0.4, 0.5) is 0 Å². The van der Waals surface area contributed by atoms with Crippen LogP contribution in [0.3, 0.4) is 0 Å². The lowest BCUT2D eigenvalue weighted by Gasteiger charge is -1.98. The van der Waals surface area contributed by atoms with Crippen LogP contribution in [0, 0.1) is 11.8 Å². The van der Waals surface area contributed by atoms with Gasteiger partial charge in [-0.1, -0.05) is 24.0 Å². The predicted molar refractivity (Wildman–Crippen MR) is 67.7 cm³/mol. The summed E-state index contributed by atoms with van der Waals surface area (Å²) < 4.78 is 0. The maximum absolute atomic E-state index is 10.4. The first-order chi connectivity index (χ1) is 7.72. The number of carboxylic acid groups (broad SMARTS) is 1. The normalized spacial score (nSPS) is 9.31. The van der Waals surface area contributed by atoms with E-state index in [2.05, 4.69) is 24.5 Å². The van der Waals surface area contributed by atoms with Crippen LogP contribution >= 0.6 is 12.6 Å². The molecular weight excluding hydrogens is 220 g/mol. The van der Waals surface area contributed by atoms with Crippen molar-refractivity contribution in [3.8, 4) is 11.8 Å². The molecule has 0 aromatic heterocycles. The Bertz CT molecular complexity index is 398. The summed E-state index contributed by atoms with van der Waals surface area (Å²) in [7, 11) is 0. The fourth-order valence-corrected chi connectivity index (χ4v) is 1.34. The minimum Gasteiger partial charge on any atom is -0.481 e. The Hall–Kier alpha value is -1.40. The summed E-state index contributed by atoms with van der Waals surface area (Å²) in [5.41, 5.74) is 1.99. The summed E-state index contributed by atoms with van der Waals surface area (Å²) in [5.74, 6) is 6.02. The third kappa shape index (κ3) is 4.90. The molecule has 0 aliphatic heterocycles. The van der Waals surface area contributed by atoms with E-state index in [0.717, 1.165) is 23.3 Å². The number of carbonyl (C=O) groups is 1. The van der Waals surface area contributed by atoms with Crippen molar-refractivity contribution in [3.63, 3.8) is 0 Å². The van der Waals surface area contributed by atoms with Crippen molar-refractivity contribution in [2.24, 2.45) is 0 Å². The van der Waals surface area contributed by atoms with Crippen molar-refractivity contribution in [1.29, 1.82) is 0 Å². The second-order valence-electron chi connectivity index (χ2n) is 3.37. The van der Waals surface area contributed by atoms with Gasteiger partial charge in [0.1, 0.15) is 0 Å². The third-order valence-corrected chi connectivity index (χ3v) is 2.27. The molecule has 0 amide bonds. The van der Waals surface area contributed by atoms with Gasteiger partial charge in [-0.2, -0.15) is 12.6 Å². The number of aryl methyl sites for hydroxylation is 1. The zero-order valence-corrected chi connectivity index (χ0v) is 9.83. The molecule has 16 heavy (non-hydrogen) atoms. The Morgan fingerprint density at radius 1 is 1.31 bits per heavy atom. The first-order valence-corrected chi connectivity index (χ1v) is 5.76. The van der Waals surface area contributed by atoms with Gasteiger partial charge in [-0.15, -0.1) is 0 Å². The summed E-state index contributed by atoms with van der Waals surface area (Å²) in [6, 6.07) is 7.69. The maximum atomic E-state index is 10.4. The standard InChI is InChI=1S/C13H14O2S/c14-13(15)9-8-12-6-4-11(5-7-12)3-1-2-10-16/h4-7,16H,2,8-10H2,(H,14,15). The fourth-order valence-electron chi connectivity index (χ4n) is 1.23. The number of thiol groups is 1. The van der Waals surface area contributed by atoms with Gasteiger partial charge in [-0.05, 0) is 24.1 Å². The molecule has 0 saturated heterocycles. The molecule has 0 bridgehead atoms. The molecule has 0 spiro atoms. The van der Waals surface area contributed by atoms with Gasteiger partial charge in [-0.25, -0.2) is 0 Å². The van der Waals surface area contributed by atoms with E-state index in [1.54, 1.807) is 0 Å². The molecule has 1 aromatic carbocycles. The van der Waals surface area contributed by atoms with Crippen molar-refractivity contribution in [2.75, 3.05) is 5.75 Å². The highest BCUT2D eigenvalue weighted by molar-refractivity contribution is 7.80. The molecule has 3 heteroatoms. The van der Waals surface area contributed by atoms with E-state index in [0.29, 0.717) is 6.42 Å².